The molecule has 12 nitrogen and oxygen atoms in total. The molecular weight excluding hydrogens is 863 g/mol. The molecule has 0 unspecified atom stereocenters. The second-order valence-corrected chi connectivity index (χ2v) is 17.7. The molecule has 4 heterocycles. The molecule has 5 aromatic carbocycles. The molecule has 0 radical (unpaired) electrons. The van der Waals surface area contributed by atoms with Gasteiger partial charge in [-0.25, -0.2) is 19.7 Å². The van der Waals surface area contributed by atoms with Crippen molar-refractivity contribution in [3.05, 3.63) is 225 Å². The van der Waals surface area contributed by atoms with E-state index in [4.69, 9.17) is 15.3 Å². The number of ether oxygens (including phenoxy) is 1. The molecule has 2 atom stereocenters. The van der Waals surface area contributed by atoms with E-state index in [0.717, 1.165) is 44.8 Å². The predicted molar refractivity (Wildman–Crippen MR) is 250 cm³/mol. The molecule has 64 heavy (non-hydrogen) atoms. The Kier molecular flexibility index (Phi) is 12.6. The van der Waals surface area contributed by atoms with Crippen molar-refractivity contribution in [1.82, 2.24) is 25.2 Å². The first-order chi connectivity index (χ1) is 31.4. The number of anilines is 1. The number of fused-ring (bicyclic) bond motifs is 1. The zero-order valence-electron chi connectivity index (χ0n) is 34.0. The van der Waals surface area contributed by atoms with Crippen LogP contribution in [0.1, 0.15) is 45.3 Å². The van der Waals surface area contributed by atoms with Crippen LogP contribution in [0.5, 0.6) is 0 Å². The van der Waals surface area contributed by atoms with Crippen molar-refractivity contribution in [1.29, 1.82) is 0 Å². The molecule has 15 heteroatoms. The number of hydrogen-bond acceptors (Lipinski definition) is 13. The number of thioether (sulfide) groups is 2. The van der Waals surface area contributed by atoms with Crippen LogP contribution in [0.4, 0.5) is 5.13 Å². The van der Waals surface area contributed by atoms with Gasteiger partial charge in [0.15, 0.2) is 16.9 Å². The molecule has 7 aromatic rings. The Morgan fingerprint density at radius 3 is 1.91 bits per heavy atom. The van der Waals surface area contributed by atoms with E-state index in [1.54, 1.807) is 17.6 Å². The lowest BCUT2D eigenvalue weighted by Crippen LogP contribution is -2.71. The summed E-state index contributed by atoms with van der Waals surface area (Å²) in [5.74, 6) is -1.08. The maximum atomic E-state index is 14.6. The van der Waals surface area contributed by atoms with E-state index in [0.29, 0.717) is 16.4 Å². The van der Waals surface area contributed by atoms with E-state index >= 15 is 0 Å². The lowest BCUT2D eigenvalue weighted by Gasteiger charge is -2.49. The van der Waals surface area contributed by atoms with Crippen LogP contribution in [-0.2, 0) is 35.3 Å². The Bertz CT molecular complexity index is 2660. The van der Waals surface area contributed by atoms with E-state index in [1.807, 2.05) is 152 Å². The molecular formula is C49H39N7O5S3. The first kappa shape index (κ1) is 42.2. The van der Waals surface area contributed by atoms with Crippen molar-refractivity contribution in [2.75, 3.05) is 11.5 Å². The maximum Gasteiger partial charge on any atom is 0.356 e. The van der Waals surface area contributed by atoms with Gasteiger partial charge in [-0.2, -0.15) is 0 Å². The number of β-lactam (4-membered cyclic amide) rings is 1. The van der Waals surface area contributed by atoms with Crippen LogP contribution < -0.4 is 11.1 Å². The van der Waals surface area contributed by atoms with Crippen molar-refractivity contribution >= 4 is 63.5 Å². The Morgan fingerprint density at radius 1 is 0.828 bits per heavy atom. The number of nitrogens with two attached hydrogens (primary N) is 1. The van der Waals surface area contributed by atoms with Crippen molar-refractivity contribution in [3.8, 4) is 0 Å². The topological polar surface area (TPSA) is 162 Å². The fourth-order valence-electron chi connectivity index (χ4n) is 7.60. The Labute approximate surface area is 381 Å². The standard InChI is InChI=1S/C49H39N7O5S3/c50-48-53-38(29-64-48)40(55-61-49(34-20-10-3-11-21-34,35-22-12-4-13-23-35)36-24-14-5-15-25-36)44(57)54-41-45(58)56-42(39(30-63-46(41)56)62-28-37-26-27-51-31-52-37)47(59)60-43(32-16-6-1-7-17-32)33-18-8-2-9-19-33/h1-27,29,31,41,43,46H,28,30H2,(H2,50,53)(H,54,57)/b55-40-/t41-,46+/m1/s1. The largest absolute Gasteiger partial charge is 0.448 e. The number of amides is 2. The van der Waals surface area contributed by atoms with Crippen LogP contribution >= 0.6 is 34.9 Å². The number of nitrogens with zero attached hydrogens (tertiary/aromatic N) is 5. The summed E-state index contributed by atoms with van der Waals surface area (Å²) >= 11 is 3.97. The summed E-state index contributed by atoms with van der Waals surface area (Å²) in [6.07, 6.45) is 2.37. The van der Waals surface area contributed by atoms with Gasteiger partial charge in [0.1, 0.15) is 29.1 Å². The summed E-state index contributed by atoms with van der Waals surface area (Å²) in [4.78, 5) is 65.2. The van der Waals surface area contributed by atoms with Gasteiger partial charge in [-0.15, -0.1) is 34.9 Å². The predicted octanol–water partition coefficient (Wildman–Crippen LogP) is 8.11. The number of carbonyl (C=O) groups is 3. The minimum atomic E-state index is -1.31. The monoisotopic (exact) mass is 901 g/mol. The number of thiazole rings is 1. The normalized spacial score (nSPS) is 16.2. The molecule has 318 valence electrons. The molecule has 2 amide bonds. The number of oxime groups is 1. The molecule has 1 saturated heterocycles. The third-order valence-corrected chi connectivity index (χ3v) is 13.9. The summed E-state index contributed by atoms with van der Waals surface area (Å²) in [6, 6.07) is 48.5. The van der Waals surface area contributed by atoms with Gasteiger partial charge >= 0.3 is 5.97 Å². The smallest absolute Gasteiger partial charge is 0.356 e. The summed E-state index contributed by atoms with van der Waals surface area (Å²) in [6.45, 7) is 0. The lowest BCUT2D eigenvalue weighted by atomic mass is 9.80. The van der Waals surface area contributed by atoms with Crippen molar-refractivity contribution < 1.29 is 24.0 Å². The first-order valence-corrected chi connectivity index (χ1v) is 23.1. The molecule has 0 aliphatic carbocycles. The zero-order valence-corrected chi connectivity index (χ0v) is 36.4. The van der Waals surface area contributed by atoms with Gasteiger partial charge in [0.2, 0.25) is 5.60 Å². The number of nitrogen functional groups attached to an aromatic ring is 1. The van der Waals surface area contributed by atoms with Gasteiger partial charge in [-0.1, -0.05) is 157 Å². The molecule has 0 spiro atoms. The summed E-state index contributed by atoms with van der Waals surface area (Å²) in [5, 5.41) is 8.72. The van der Waals surface area contributed by atoms with E-state index in [1.165, 1.54) is 34.8 Å². The minimum absolute atomic E-state index is 0.123. The molecule has 2 aromatic heterocycles. The van der Waals surface area contributed by atoms with Crippen LogP contribution in [0.2, 0.25) is 0 Å². The van der Waals surface area contributed by atoms with Crippen molar-refractivity contribution in [3.63, 3.8) is 0 Å². The zero-order chi connectivity index (χ0) is 43.9. The number of rotatable bonds is 15. The third kappa shape index (κ3) is 8.65. The van der Waals surface area contributed by atoms with E-state index < -0.39 is 40.9 Å². The van der Waals surface area contributed by atoms with E-state index in [-0.39, 0.29) is 22.2 Å². The number of esters is 1. The average Bonchev–Trinajstić information content (AvgIpc) is 3.79. The second kappa shape index (κ2) is 19.1. The van der Waals surface area contributed by atoms with Crippen LogP contribution in [0.15, 0.2) is 191 Å². The van der Waals surface area contributed by atoms with Gasteiger partial charge in [0.25, 0.3) is 11.8 Å². The third-order valence-electron chi connectivity index (χ3n) is 10.7. The first-order valence-electron chi connectivity index (χ1n) is 20.2. The molecule has 0 bridgehead atoms. The fourth-order valence-corrected chi connectivity index (χ4v) is 10.7. The minimum Gasteiger partial charge on any atom is -0.448 e. The second-order valence-electron chi connectivity index (χ2n) is 14.6. The Balaban J connectivity index is 1.04. The number of benzene rings is 5. The van der Waals surface area contributed by atoms with Gasteiger partial charge in [0.05, 0.1) is 5.69 Å². The highest BCUT2D eigenvalue weighted by Crippen LogP contribution is 2.45. The number of nitrogens with one attached hydrogen (secondary N) is 1. The summed E-state index contributed by atoms with van der Waals surface area (Å²) in [7, 11) is 0. The van der Waals surface area contributed by atoms with Crippen LogP contribution in [0.3, 0.4) is 0 Å². The molecule has 0 saturated carbocycles. The van der Waals surface area contributed by atoms with Gasteiger partial charge in [0, 0.05) is 44.7 Å². The molecule has 2 aliphatic rings. The highest BCUT2D eigenvalue weighted by Gasteiger charge is 2.55. The molecule has 3 N–H and O–H groups in total. The maximum absolute atomic E-state index is 14.6. The number of hydrogen-bond donors (Lipinski definition) is 2. The van der Waals surface area contributed by atoms with Crippen LogP contribution in [0.25, 0.3) is 0 Å². The number of carbonyl (C=O) groups excluding carboxylic acids is 3. The molecule has 1 fully saturated rings. The number of aromatic nitrogens is 3. The molecule has 9 rings (SSSR count). The van der Waals surface area contributed by atoms with Crippen molar-refractivity contribution in [2.45, 2.75) is 28.9 Å². The summed E-state index contributed by atoms with van der Waals surface area (Å²) < 4.78 is 6.35. The van der Waals surface area contributed by atoms with Crippen molar-refractivity contribution in [2.24, 2.45) is 5.16 Å². The summed E-state index contributed by atoms with van der Waals surface area (Å²) in [5.41, 5.74) is 9.49. The van der Waals surface area contributed by atoms with Crippen LogP contribution in [-0.4, -0.2) is 60.5 Å². The Hall–Kier alpha value is -7.07. The quantitative estimate of drug-likeness (QED) is 0.0336. The van der Waals surface area contributed by atoms with Gasteiger partial charge < -0.3 is 20.6 Å². The average molecular weight is 902 g/mol. The van der Waals surface area contributed by atoms with Crippen LogP contribution in [0, 0.1) is 0 Å². The Morgan fingerprint density at radius 2 is 1.39 bits per heavy atom. The lowest BCUT2D eigenvalue weighted by molar-refractivity contribution is -0.154. The van der Waals surface area contributed by atoms with Gasteiger partial charge in [-0.05, 0) is 17.2 Å². The highest BCUT2D eigenvalue weighted by molar-refractivity contribution is 8.05. The highest BCUT2D eigenvalue weighted by atomic mass is 32.2. The molecule has 2 aliphatic heterocycles. The van der Waals surface area contributed by atoms with Gasteiger partial charge in [-0.3, -0.25) is 14.5 Å². The SMILES string of the molecule is Nc1nc(/C(=N/OC(c2ccccc2)(c2ccccc2)c2ccccc2)C(=O)N[C@@H]2C(=O)N3C(C(=O)OC(c4ccccc4)c4ccccc4)=C(SCc4ccncn4)CS[C@@H]23)cs1. The van der Waals surface area contributed by atoms with E-state index in [2.05, 4.69) is 25.4 Å². The van der Waals surface area contributed by atoms with E-state index in [9.17, 15) is 14.4 Å². The fraction of sp³-hybridized carbons (Fsp3) is 0.122.